The van der Waals surface area contributed by atoms with E-state index in [1.54, 1.807) is 0 Å². The summed E-state index contributed by atoms with van der Waals surface area (Å²) in [4.78, 5) is 0. The van der Waals surface area contributed by atoms with Crippen molar-refractivity contribution >= 4 is 12.4 Å². The molecule has 0 aromatic heterocycles. The molecule has 0 bridgehead atoms. The highest BCUT2D eigenvalue weighted by atomic mass is 35.5. The van der Waals surface area contributed by atoms with Crippen molar-refractivity contribution in [2.75, 3.05) is 6.54 Å². The Morgan fingerprint density at radius 1 is 0.941 bits per heavy atom. The van der Waals surface area contributed by atoms with Crippen LogP contribution in [0.25, 0.3) is 0 Å². The van der Waals surface area contributed by atoms with Gasteiger partial charge in [0.15, 0.2) is 0 Å². The Morgan fingerprint density at radius 2 is 1.47 bits per heavy atom. The first-order valence-corrected chi connectivity index (χ1v) is 6.80. The zero-order valence-electron chi connectivity index (χ0n) is 11.4. The summed E-state index contributed by atoms with van der Waals surface area (Å²) in [6.07, 6.45) is 14.2. The van der Waals surface area contributed by atoms with E-state index in [-0.39, 0.29) is 12.4 Å². The second-order valence-electron chi connectivity index (χ2n) is 4.47. The molecule has 102 valence electrons. The van der Waals surface area contributed by atoms with Gasteiger partial charge in [0.05, 0.1) is 0 Å². The summed E-state index contributed by atoms with van der Waals surface area (Å²) in [5.74, 6) is 0. The molecule has 0 saturated carbocycles. The first-order chi connectivity index (χ1) is 7.85. The first-order valence-electron chi connectivity index (χ1n) is 6.80. The molecule has 0 spiro atoms. The minimum Gasteiger partial charge on any atom is -0.313 e. The predicted octanol–water partition coefficient (Wildman–Crippen LogP) is 4.88. The number of halogens is 1. The second-order valence-corrected chi connectivity index (χ2v) is 4.47. The number of unbranched alkanes of at least 4 members (excludes halogenated alkanes) is 5. The van der Waals surface area contributed by atoms with Gasteiger partial charge >= 0.3 is 0 Å². The van der Waals surface area contributed by atoms with Crippen molar-refractivity contribution in [1.29, 1.82) is 0 Å². The Kier molecular flexibility index (Phi) is 17.7. The van der Waals surface area contributed by atoms with Gasteiger partial charge in [0, 0.05) is 6.04 Å². The molecule has 0 saturated heterocycles. The molecular weight excluding hydrogens is 230 g/mol. The highest BCUT2D eigenvalue weighted by Crippen LogP contribution is 2.05. The lowest BCUT2D eigenvalue weighted by atomic mass is 10.1. The van der Waals surface area contributed by atoms with Crippen LogP contribution in [0, 0.1) is 0 Å². The molecule has 0 aliphatic rings. The molecule has 0 radical (unpaired) electrons. The first kappa shape index (κ1) is 19.1. The van der Waals surface area contributed by atoms with Crippen molar-refractivity contribution in [2.45, 2.75) is 64.3 Å². The van der Waals surface area contributed by atoms with Crippen LogP contribution in [-0.2, 0) is 0 Å². The van der Waals surface area contributed by atoms with Crippen LogP contribution in [0.5, 0.6) is 0 Å². The largest absolute Gasteiger partial charge is 0.313 e. The summed E-state index contributed by atoms with van der Waals surface area (Å²) in [6, 6.07) is 0.547. The van der Waals surface area contributed by atoms with Crippen molar-refractivity contribution in [3.8, 4) is 0 Å². The lowest BCUT2D eigenvalue weighted by molar-refractivity contribution is 0.494. The summed E-state index contributed by atoms with van der Waals surface area (Å²) in [7, 11) is 0. The maximum atomic E-state index is 3.79. The molecule has 0 atom stereocenters. The minimum absolute atomic E-state index is 0. The zero-order chi connectivity index (χ0) is 12.1. The van der Waals surface area contributed by atoms with E-state index in [1.807, 2.05) is 12.2 Å². The highest BCUT2D eigenvalue weighted by molar-refractivity contribution is 5.85. The minimum atomic E-state index is 0. The van der Waals surface area contributed by atoms with E-state index >= 15 is 0 Å². The van der Waals surface area contributed by atoms with Crippen molar-refractivity contribution in [3.05, 3.63) is 25.3 Å². The Bertz CT molecular complexity index is 158. The number of hydrogen-bond donors (Lipinski definition) is 1. The van der Waals surface area contributed by atoms with Gasteiger partial charge in [-0.2, -0.15) is 0 Å². The molecule has 1 N–H and O–H groups in total. The third-order valence-electron chi connectivity index (χ3n) is 2.87. The Balaban J connectivity index is 0. The zero-order valence-corrected chi connectivity index (χ0v) is 12.2. The van der Waals surface area contributed by atoms with Crippen LogP contribution >= 0.6 is 12.4 Å². The summed E-state index contributed by atoms with van der Waals surface area (Å²) in [5.41, 5.74) is 0. The molecule has 2 heteroatoms. The van der Waals surface area contributed by atoms with Gasteiger partial charge in [-0.3, -0.25) is 0 Å². The smallest absolute Gasteiger partial charge is 0.0136 e. The normalized spacial score (nSPS) is 10.0. The van der Waals surface area contributed by atoms with Crippen molar-refractivity contribution in [3.63, 3.8) is 0 Å². The van der Waals surface area contributed by atoms with Gasteiger partial charge in [0.1, 0.15) is 0 Å². The monoisotopic (exact) mass is 259 g/mol. The van der Waals surface area contributed by atoms with E-state index in [0.29, 0.717) is 6.04 Å². The van der Waals surface area contributed by atoms with Crippen molar-refractivity contribution in [1.82, 2.24) is 5.32 Å². The molecule has 0 fully saturated rings. The summed E-state index contributed by atoms with van der Waals surface area (Å²) in [5, 5.41) is 3.57. The van der Waals surface area contributed by atoms with Gasteiger partial charge in [-0.1, -0.05) is 51.2 Å². The SMILES string of the molecule is C=CCC(CC=C)NCCCCCCCC.Cl. The quantitative estimate of drug-likeness (QED) is 0.389. The summed E-state index contributed by atoms with van der Waals surface area (Å²) in [6.45, 7) is 11.0. The molecular formula is C15H30ClN. The molecule has 0 aromatic rings. The molecule has 0 heterocycles. The van der Waals surface area contributed by atoms with Gasteiger partial charge in [-0.15, -0.1) is 25.6 Å². The van der Waals surface area contributed by atoms with E-state index in [9.17, 15) is 0 Å². The molecule has 0 unspecified atom stereocenters. The number of hydrogen-bond acceptors (Lipinski definition) is 1. The molecule has 0 aromatic carbocycles. The third-order valence-corrected chi connectivity index (χ3v) is 2.87. The highest BCUT2D eigenvalue weighted by Gasteiger charge is 2.02. The molecule has 0 aliphatic heterocycles. The lowest BCUT2D eigenvalue weighted by Gasteiger charge is -2.14. The van der Waals surface area contributed by atoms with Crippen LogP contribution in [0.3, 0.4) is 0 Å². The van der Waals surface area contributed by atoms with Gasteiger partial charge in [-0.05, 0) is 25.8 Å². The third kappa shape index (κ3) is 13.7. The molecule has 17 heavy (non-hydrogen) atoms. The van der Waals surface area contributed by atoms with E-state index in [0.717, 1.165) is 19.4 Å². The maximum Gasteiger partial charge on any atom is 0.0136 e. The van der Waals surface area contributed by atoms with Gasteiger partial charge in [0.2, 0.25) is 0 Å². The lowest BCUT2D eigenvalue weighted by Crippen LogP contribution is -2.28. The Hall–Kier alpha value is -0.270. The van der Waals surface area contributed by atoms with Gasteiger partial charge in [0.25, 0.3) is 0 Å². The number of rotatable bonds is 12. The fraction of sp³-hybridized carbons (Fsp3) is 0.733. The topological polar surface area (TPSA) is 12.0 Å². The van der Waals surface area contributed by atoms with E-state index in [1.165, 1.54) is 38.5 Å². The van der Waals surface area contributed by atoms with Gasteiger partial charge in [-0.25, -0.2) is 0 Å². The van der Waals surface area contributed by atoms with Crippen LogP contribution in [-0.4, -0.2) is 12.6 Å². The van der Waals surface area contributed by atoms with E-state index in [4.69, 9.17) is 0 Å². The van der Waals surface area contributed by atoms with Crippen LogP contribution in [0.15, 0.2) is 25.3 Å². The molecule has 0 amide bonds. The van der Waals surface area contributed by atoms with Crippen molar-refractivity contribution in [2.24, 2.45) is 0 Å². The summed E-state index contributed by atoms with van der Waals surface area (Å²) >= 11 is 0. The van der Waals surface area contributed by atoms with E-state index in [2.05, 4.69) is 25.4 Å². The van der Waals surface area contributed by atoms with Crippen molar-refractivity contribution < 1.29 is 0 Å². The van der Waals surface area contributed by atoms with Crippen LogP contribution in [0.1, 0.15) is 58.3 Å². The second kappa shape index (κ2) is 15.7. The fourth-order valence-electron chi connectivity index (χ4n) is 1.88. The maximum absolute atomic E-state index is 3.79. The molecule has 0 aliphatic carbocycles. The summed E-state index contributed by atoms with van der Waals surface area (Å²) < 4.78 is 0. The van der Waals surface area contributed by atoms with Crippen LogP contribution in [0.2, 0.25) is 0 Å². The standard InChI is InChI=1S/C15H29N.ClH/c1-4-7-8-9-10-11-14-16-15(12-5-2)13-6-3;/h5-6,15-16H,2-4,7-14H2,1H3;1H. The average molecular weight is 260 g/mol. The van der Waals surface area contributed by atoms with Crippen LogP contribution in [0.4, 0.5) is 0 Å². The van der Waals surface area contributed by atoms with Gasteiger partial charge < -0.3 is 5.32 Å². The predicted molar refractivity (Wildman–Crippen MR) is 82.0 cm³/mol. The fourth-order valence-corrected chi connectivity index (χ4v) is 1.88. The Labute approximate surface area is 114 Å². The van der Waals surface area contributed by atoms with E-state index < -0.39 is 0 Å². The molecule has 0 rings (SSSR count). The number of nitrogens with one attached hydrogen (secondary N) is 1. The molecule has 1 nitrogen and oxygen atoms in total. The van der Waals surface area contributed by atoms with Crippen LogP contribution < -0.4 is 5.32 Å². The Morgan fingerprint density at radius 3 is 2.00 bits per heavy atom. The average Bonchev–Trinajstić information content (AvgIpc) is 2.28.